The molecule has 1 unspecified atom stereocenters. The third-order valence-electron chi connectivity index (χ3n) is 4.86. The van der Waals surface area contributed by atoms with Crippen LogP contribution in [0.2, 0.25) is 0 Å². The summed E-state index contributed by atoms with van der Waals surface area (Å²) >= 11 is 0. The van der Waals surface area contributed by atoms with Gasteiger partial charge in [-0.25, -0.2) is 4.98 Å². The molecule has 1 aliphatic heterocycles. The lowest BCUT2D eigenvalue weighted by Crippen LogP contribution is -2.48. The molecule has 1 fully saturated rings. The van der Waals surface area contributed by atoms with Gasteiger partial charge in [0.05, 0.1) is 18.7 Å². The van der Waals surface area contributed by atoms with Crippen molar-refractivity contribution in [3.63, 3.8) is 0 Å². The molecule has 0 N–H and O–H groups in total. The maximum atomic E-state index is 13.0. The SMILES string of the molecule is CCCCC#Cc1cncc(C(=O)N2CCOC(COn3nnc4cccnc43)C2)c1. The summed E-state index contributed by atoms with van der Waals surface area (Å²) in [4.78, 5) is 30.1. The molecule has 3 aromatic rings. The number of hydrogen-bond acceptors (Lipinski definition) is 7. The Balaban J connectivity index is 1.36. The normalized spacial score (nSPS) is 16.0. The van der Waals surface area contributed by atoms with Gasteiger partial charge in [0.2, 0.25) is 5.65 Å². The van der Waals surface area contributed by atoms with E-state index in [1.165, 1.54) is 4.85 Å². The fraction of sp³-hybridized carbons (Fsp3) is 0.409. The second-order valence-corrected chi connectivity index (χ2v) is 7.22. The van der Waals surface area contributed by atoms with Gasteiger partial charge in [0, 0.05) is 37.1 Å². The lowest BCUT2D eigenvalue weighted by Gasteiger charge is -2.32. The van der Waals surface area contributed by atoms with E-state index in [1.54, 1.807) is 35.6 Å². The van der Waals surface area contributed by atoms with Gasteiger partial charge in [0.1, 0.15) is 18.2 Å². The van der Waals surface area contributed by atoms with Crippen LogP contribution in [0.5, 0.6) is 0 Å². The Kier molecular flexibility index (Phi) is 6.69. The van der Waals surface area contributed by atoms with E-state index < -0.39 is 0 Å². The lowest BCUT2D eigenvalue weighted by molar-refractivity contribution is -0.0680. The minimum absolute atomic E-state index is 0.0918. The van der Waals surface area contributed by atoms with Crippen LogP contribution in [0.3, 0.4) is 0 Å². The highest BCUT2D eigenvalue weighted by Gasteiger charge is 2.26. The predicted molar refractivity (Wildman–Crippen MR) is 113 cm³/mol. The molecule has 160 valence electrons. The number of carbonyl (C=O) groups is 1. The average Bonchev–Trinajstić information content (AvgIpc) is 3.23. The Morgan fingerprint density at radius 3 is 3.23 bits per heavy atom. The van der Waals surface area contributed by atoms with Crippen LogP contribution in [-0.4, -0.2) is 68.3 Å². The van der Waals surface area contributed by atoms with E-state index in [-0.39, 0.29) is 18.6 Å². The van der Waals surface area contributed by atoms with E-state index in [0.29, 0.717) is 36.4 Å². The molecule has 9 nitrogen and oxygen atoms in total. The second-order valence-electron chi connectivity index (χ2n) is 7.22. The van der Waals surface area contributed by atoms with Crippen molar-refractivity contribution in [2.24, 2.45) is 0 Å². The maximum Gasteiger partial charge on any atom is 0.255 e. The van der Waals surface area contributed by atoms with Crippen LogP contribution in [0.4, 0.5) is 0 Å². The number of morpholine rings is 1. The molecule has 9 heteroatoms. The third-order valence-corrected chi connectivity index (χ3v) is 4.86. The summed E-state index contributed by atoms with van der Waals surface area (Å²) in [5.74, 6) is 6.12. The summed E-state index contributed by atoms with van der Waals surface area (Å²) in [7, 11) is 0. The summed E-state index contributed by atoms with van der Waals surface area (Å²) in [6.45, 7) is 3.70. The Labute approximate surface area is 180 Å². The van der Waals surface area contributed by atoms with Gasteiger partial charge in [-0.3, -0.25) is 9.78 Å². The zero-order valence-electron chi connectivity index (χ0n) is 17.4. The van der Waals surface area contributed by atoms with Crippen molar-refractivity contribution < 1.29 is 14.4 Å². The largest absolute Gasteiger partial charge is 0.391 e. The fourth-order valence-corrected chi connectivity index (χ4v) is 3.23. The molecular formula is C22H24N6O3. The molecule has 0 saturated carbocycles. The van der Waals surface area contributed by atoms with E-state index in [4.69, 9.17) is 9.57 Å². The highest BCUT2D eigenvalue weighted by Crippen LogP contribution is 2.12. The van der Waals surface area contributed by atoms with Crippen LogP contribution in [0.15, 0.2) is 36.8 Å². The molecule has 31 heavy (non-hydrogen) atoms. The number of pyridine rings is 2. The van der Waals surface area contributed by atoms with Gasteiger partial charge in [-0.05, 0) is 29.8 Å². The van der Waals surface area contributed by atoms with Crippen LogP contribution in [-0.2, 0) is 4.74 Å². The Hall–Kier alpha value is -3.51. The molecule has 1 amide bonds. The molecular weight excluding hydrogens is 396 g/mol. The molecule has 0 aliphatic carbocycles. The highest BCUT2D eigenvalue weighted by atomic mass is 16.7. The number of aromatic nitrogens is 5. The number of hydrogen-bond donors (Lipinski definition) is 0. The number of carbonyl (C=O) groups excluding carboxylic acids is 1. The topological polar surface area (TPSA) is 95.3 Å². The Morgan fingerprint density at radius 2 is 2.32 bits per heavy atom. The number of nitrogens with zero attached hydrogens (tertiary/aromatic N) is 6. The van der Waals surface area contributed by atoms with Crippen LogP contribution in [0.1, 0.15) is 42.1 Å². The standard InChI is InChI=1S/C22H24N6O3/c1-2-3-4-5-7-17-12-18(14-23-13-17)22(29)27-10-11-30-19(15-27)16-31-28-21-20(25-26-28)8-6-9-24-21/h6,8-9,12-14,19H,2-4,10-11,15-16H2,1H3. The zero-order chi connectivity index (χ0) is 21.5. The van der Waals surface area contributed by atoms with Crippen molar-refractivity contribution in [2.75, 3.05) is 26.3 Å². The van der Waals surface area contributed by atoms with Crippen LogP contribution in [0.25, 0.3) is 11.2 Å². The molecule has 0 bridgehead atoms. The molecule has 4 rings (SSSR count). The average molecular weight is 420 g/mol. The minimum Gasteiger partial charge on any atom is -0.391 e. The number of fused-ring (bicyclic) bond motifs is 1. The van der Waals surface area contributed by atoms with Crippen molar-refractivity contribution >= 4 is 17.1 Å². The first-order valence-electron chi connectivity index (χ1n) is 10.4. The van der Waals surface area contributed by atoms with Crippen molar-refractivity contribution in [3.05, 3.63) is 47.9 Å². The molecule has 0 spiro atoms. The molecule has 0 radical (unpaired) electrons. The van der Waals surface area contributed by atoms with Crippen molar-refractivity contribution in [1.29, 1.82) is 0 Å². The second kappa shape index (κ2) is 10.00. The van der Waals surface area contributed by atoms with E-state index in [9.17, 15) is 4.79 Å². The third kappa shape index (κ3) is 5.16. The van der Waals surface area contributed by atoms with Gasteiger partial charge in [0.25, 0.3) is 5.91 Å². The zero-order valence-corrected chi connectivity index (χ0v) is 17.4. The molecule has 4 heterocycles. The van der Waals surface area contributed by atoms with Gasteiger partial charge in [-0.1, -0.05) is 30.0 Å². The van der Waals surface area contributed by atoms with Crippen LogP contribution in [0, 0.1) is 11.8 Å². The van der Waals surface area contributed by atoms with Gasteiger partial charge < -0.3 is 14.5 Å². The van der Waals surface area contributed by atoms with Crippen molar-refractivity contribution in [3.8, 4) is 11.8 Å². The Bertz CT molecular complexity index is 1100. The van der Waals surface area contributed by atoms with Crippen molar-refractivity contribution in [1.82, 2.24) is 30.0 Å². The van der Waals surface area contributed by atoms with Crippen LogP contribution < -0.4 is 4.84 Å². The molecule has 1 aliphatic rings. The highest BCUT2D eigenvalue weighted by molar-refractivity contribution is 5.94. The summed E-state index contributed by atoms with van der Waals surface area (Å²) in [6, 6.07) is 5.39. The monoisotopic (exact) mass is 420 g/mol. The summed E-state index contributed by atoms with van der Waals surface area (Å²) in [5.41, 5.74) is 2.46. The first-order chi connectivity index (χ1) is 15.2. The molecule has 0 aromatic carbocycles. The number of amides is 1. The lowest BCUT2D eigenvalue weighted by atomic mass is 10.1. The van der Waals surface area contributed by atoms with E-state index in [2.05, 4.69) is 39.0 Å². The van der Waals surface area contributed by atoms with Crippen molar-refractivity contribution in [2.45, 2.75) is 32.3 Å². The van der Waals surface area contributed by atoms with E-state index >= 15 is 0 Å². The first kappa shape index (κ1) is 20.8. The first-order valence-corrected chi connectivity index (χ1v) is 10.4. The van der Waals surface area contributed by atoms with Gasteiger partial charge in [-0.2, -0.15) is 0 Å². The Morgan fingerprint density at radius 1 is 1.39 bits per heavy atom. The summed E-state index contributed by atoms with van der Waals surface area (Å²) in [6.07, 6.45) is 7.64. The molecule has 1 atom stereocenters. The number of rotatable bonds is 6. The quantitative estimate of drug-likeness (QED) is 0.443. The predicted octanol–water partition coefficient (Wildman–Crippen LogP) is 1.73. The van der Waals surface area contributed by atoms with Gasteiger partial charge in [-0.15, -0.1) is 5.10 Å². The van der Waals surface area contributed by atoms with E-state index in [0.717, 1.165) is 24.8 Å². The molecule has 1 saturated heterocycles. The molecule has 3 aromatic heterocycles. The smallest absolute Gasteiger partial charge is 0.255 e. The number of ether oxygens (including phenoxy) is 1. The summed E-state index contributed by atoms with van der Waals surface area (Å²) in [5, 5.41) is 7.96. The van der Waals surface area contributed by atoms with Gasteiger partial charge in [0.15, 0.2) is 0 Å². The van der Waals surface area contributed by atoms with E-state index in [1.807, 2.05) is 6.07 Å². The number of unbranched alkanes of at least 4 members (excludes halogenated alkanes) is 2. The maximum absolute atomic E-state index is 13.0. The van der Waals surface area contributed by atoms with Gasteiger partial charge >= 0.3 is 0 Å². The van der Waals surface area contributed by atoms with Crippen LogP contribution >= 0.6 is 0 Å². The minimum atomic E-state index is -0.286. The fourth-order valence-electron chi connectivity index (χ4n) is 3.23. The summed E-state index contributed by atoms with van der Waals surface area (Å²) < 4.78 is 5.77.